The van der Waals surface area contributed by atoms with Gasteiger partial charge >= 0.3 is 0 Å². The molecule has 1 aromatic carbocycles. The molecule has 0 heterocycles. The third-order valence-electron chi connectivity index (χ3n) is 2.68. The average molecular weight is 301 g/mol. The fourth-order valence-electron chi connectivity index (χ4n) is 1.67. The predicted octanol–water partition coefficient (Wildman–Crippen LogP) is 4.89. The van der Waals surface area contributed by atoms with Crippen LogP contribution in [-0.2, 0) is 0 Å². The summed E-state index contributed by atoms with van der Waals surface area (Å²) in [5.41, 5.74) is 0. The molecule has 0 aromatic heterocycles. The maximum absolute atomic E-state index is 9.56. The van der Waals surface area contributed by atoms with E-state index in [1.807, 2.05) is 0 Å². The molecule has 17 heavy (non-hydrogen) atoms. The number of phenolic OH excluding ortho intramolecular Hbond substituents is 1. The van der Waals surface area contributed by atoms with E-state index in [0.29, 0.717) is 12.4 Å². The van der Waals surface area contributed by atoms with Crippen molar-refractivity contribution in [1.82, 2.24) is 0 Å². The van der Waals surface area contributed by atoms with Crippen LogP contribution in [0.15, 0.2) is 22.7 Å². The number of ether oxygens (including phenoxy) is 1. The van der Waals surface area contributed by atoms with Crippen LogP contribution in [-0.4, -0.2) is 11.7 Å². The predicted molar refractivity (Wildman–Crippen MR) is 74.7 cm³/mol. The summed E-state index contributed by atoms with van der Waals surface area (Å²) in [6.45, 7) is 2.90. The Labute approximate surface area is 112 Å². The summed E-state index contributed by atoms with van der Waals surface area (Å²) in [6, 6.07) is 5.24. The van der Waals surface area contributed by atoms with Gasteiger partial charge in [-0.25, -0.2) is 0 Å². The van der Waals surface area contributed by atoms with Crippen molar-refractivity contribution in [1.29, 1.82) is 0 Å². The smallest absolute Gasteiger partial charge is 0.162 e. The molecular weight excluding hydrogens is 280 g/mol. The molecule has 0 aliphatic carbocycles. The Balaban J connectivity index is 2.15. The van der Waals surface area contributed by atoms with E-state index in [1.54, 1.807) is 18.2 Å². The molecule has 1 N–H and O–H groups in total. The van der Waals surface area contributed by atoms with E-state index in [4.69, 9.17) is 4.74 Å². The van der Waals surface area contributed by atoms with Gasteiger partial charge in [-0.05, 0) is 24.6 Å². The Bertz CT molecular complexity index is 326. The molecule has 0 aliphatic rings. The third kappa shape index (κ3) is 5.97. The van der Waals surface area contributed by atoms with Crippen LogP contribution in [0.1, 0.15) is 45.4 Å². The molecule has 2 nitrogen and oxygen atoms in total. The van der Waals surface area contributed by atoms with Crippen molar-refractivity contribution in [3.63, 3.8) is 0 Å². The highest BCUT2D eigenvalue weighted by atomic mass is 79.9. The molecule has 0 saturated heterocycles. The third-order valence-corrected chi connectivity index (χ3v) is 3.17. The number of benzene rings is 1. The highest BCUT2D eigenvalue weighted by Crippen LogP contribution is 2.29. The Morgan fingerprint density at radius 3 is 2.59 bits per heavy atom. The van der Waals surface area contributed by atoms with E-state index in [1.165, 1.54) is 32.1 Å². The van der Waals surface area contributed by atoms with Gasteiger partial charge in [0, 0.05) is 4.47 Å². The van der Waals surface area contributed by atoms with E-state index >= 15 is 0 Å². The lowest BCUT2D eigenvalue weighted by molar-refractivity contribution is 0.288. The van der Waals surface area contributed by atoms with Gasteiger partial charge in [0.2, 0.25) is 0 Å². The summed E-state index contributed by atoms with van der Waals surface area (Å²) >= 11 is 3.36. The topological polar surface area (TPSA) is 29.5 Å². The molecular formula is C14H21BrO2. The molecule has 0 spiro atoms. The Kier molecular flexibility index (Phi) is 7.10. The zero-order valence-corrected chi connectivity index (χ0v) is 12.0. The second-order valence-electron chi connectivity index (χ2n) is 4.23. The Morgan fingerprint density at radius 2 is 1.82 bits per heavy atom. The van der Waals surface area contributed by atoms with Gasteiger partial charge in [-0.3, -0.25) is 0 Å². The molecule has 0 radical (unpaired) electrons. The molecule has 0 aliphatic heterocycles. The molecule has 0 bridgehead atoms. The van der Waals surface area contributed by atoms with Gasteiger partial charge in [-0.1, -0.05) is 55.0 Å². The van der Waals surface area contributed by atoms with Crippen LogP contribution in [0.2, 0.25) is 0 Å². The van der Waals surface area contributed by atoms with Crippen molar-refractivity contribution in [2.45, 2.75) is 45.4 Å². The molecule has 1 aromatic rings. The van der Waals surface area contributed by atoms with Crippen LogP contribution in [0.3, 0.4) is 0 Å². The standard InChI is InChI=1S/C14H21BrO2/c1-2-3-4-5-6-7-10-17-14-11-12(15)8-9-13(14)16/h8-9,11,16H,2-7,10H2,1H3. The van der Waals surface area contributed by atoms with E-state index < -0.39 is 0 Å². The van der Waals surface area contributed by atoms with Crippen molar-refractivity contribution in [2.24, 2.45) is 0 Å². The molecule has 0 saturated carbocycles. The highest BCUT2D eigenvalue weighted by molar-refractivity contribution is 9.10. The van der Waals surface area contributed by atoms with Gasteiger partial charge in [0.15, 0.2) is 11.5 Å². The fourth-order valence-corrected chi connectivity index (χ4v) is 2.01. The van der Waals surface area contributed by atoms with Crippen LogP contribution in [0, 0.1) is 0 Å². The van der Waals surface area contributed by atoms with Gasteiger partial charge in [0.05, 0.1) is 6.61 Å². The lowest BCUT2D eigenvalue weighted by Gasteiger charge is -2.08. The van der Waals surface area contributed by atoms with Gasteiger partial charge in [0.1, 0.15) is 0 Å². The number of hydrogen-bond donors (Lipinski definition) is 1. The summed E-state index contributed by atoms with van der Waals surface area (Å²) in [5.74, 6) is 0.770. The normalized spacial score (nSPS) is 10.5. The Morgan fingerprint density at radius 1 is 1.12 bits per heavy atom. The largest absolute Gasteiger partial charge is 0.504 e. The summed E-state index contributed by atoms with van der Waals surface area (Å²) in [4.78, 5) is 0. The van der Waals surface area contributed by atoms with Crippen molar-refractivity contribution in [3.05, 3.63) is 22.7 Å². The van der Waals surface area contributed by atoms with Crippen LogP contribution in [0.4, 0.5) is 0 Å². The van der Waals surface area contributed by atoms with Gasteiger partial charge in [-0.15, -0.1) is 0 Å². The minimum atomic E-state index is 0.208. The number of hydrogen-bond acceptors (Lipinski definition) is 2. The summed E-state index contributed by atoms with van der Waals surface area (Å²) in [6.07, 6.45) is 7.46. The van der Waals surface area contributed by atoms with E-state index in [0.717, 1.165) is 10.9 Å². The van der Waals surface area contributed by atoms with Crippen LogP contribution in [0.25, 0.3) is 0 Å². The zero-order valence-electron chi connectivity index (χ0n) is 10.4. The molecule has 96 valence electrons. The van der Waals surface area contributed by atoms with Crippen LogP contribution < -0.4 is 4.74 Å². The first-order valence-corrected chi connectivity index (χ1v) is 7.14. The molecule has 0 amide bonds. The first-order chi connectivity index (χ1) is 8.24. The Hall–Kier alpha value is -0.700. The first kappa shape index (κ1) is 14.4. The quantitative estimate of drug-likeness (QED) is 0.692. The minimum Gasteiger partial charge on any atom is -0.504 e. The molecule has 0 atom stereocenters. The van der Waals surface area contributed by atoms with Crippen molar-refractivity contribution >= 4 is 15.9 Å². The fraction of sp³-hybridized carbons (Fsp3) is 0.571. The zero-order chi connectivity index (χ0) is 12.5. The second kappa shape index (κ2) is 8.40. The van der Waals surface area contributed by atoms with Crippen molar-refractivity contribution in [3.8, 4) is 11.5 Å². The van der Waals surface area contributed by atoms with Gasteiger partial charge < -0.3 is 9.84 Å². The number of unbranched alkanes of at least 4 members (excludes halogenated alkanes) is 5. The summed E-state index contributed by atoms with van der Waals surface area (Å²) < 4.78 is 6.47. The summed E-state index contributed by atoms with van der Waals surface area (Å²) in [5, 5.41) is 9.56. The molecule has 0 unspecified atom stereocenters. The van der Waals surface area contributed by atoms with E-state index in [9.17, 15) is 5.11 Å². The number of aromatic hydroxyl groups is 1. The average Bonchev–Trinajstić information content (AvgIpc) is 2.32. The van der Waals surface area contributed by atoms with Crippen LogP contribution in [0.5, 0.6) is 11.5 Å². The molecule has 1 rings (SSSR count). The first-order valence-electron chi connectivity index (χ1n) is 6.35. The monoisotopic (exact) mass is 300 g/mol. The van der Waals surface area contributed by atoms with Crippen molar-refractivity contribution < 1.29 is 9.84 Å². The maximum Gasteiger partial charge on any atom is 0.162 e. The van der Waals surface area contributed by atoms with Crippen LogP contribution >= 0.6 is 15.9 Å². The molecule has 3 heteroatoms. The lowest BCUT2D eigenvalue weighted by Crippen LogP contribution is -1.97. The second-order valence-corrected chi connectivity index (χ2v) is 5.14. The van der Waals surface area contributed by atoms with E-state index in [-0.39, 0.29) is 5.75 Å². The number of rotatable bonds is 8. The number of phenols is 1. The minimum absolute atomic E-state index is 0.208. The maximum atomic E-state index is 9.56. The number of halogens is 1. The van der Waals surface area contributed by atoms with Gasteiger partial charge in [-0.2, -0.15) is 0 Å². The van der Waals surface area contributed by atoms with Crippen molar-refractivity contribution in [2.75, 3.05) is 6.61 Å². The molecule has 0 fully saturated rings. The van der Waals surface area contributed by atoms with E-state index in [2.05, 4.69) is 22.9 Å². The van der Waals surface area contributed by atoms with Gasteiger partial charge in [0.25, 0.3) is 0 Å². The summed E-state index contributed by atoms with van der Waals surface area (Å²) in [7, 11) is 0. The SMILES string of the molecule is CCCCCCCCOc1cc(Br)ccc1O. The lowest BCUT2D eigenvalue weighted by atomic mass is 10.1. The highest BCUT2D eigenvalue weighted by Gasteiger charge is 2.02.